The van der Waals surface area contributed by atoms with E-state index in [2.05, 4.69) is 9.97 Å². The molecule has 0 spiro atoms. The first-order valence-corrected chi connectivity index (χ1v) is 8.30. The van der Waals surface area contributed by atoms with Crippen LogP contribution in [0.5, 0.6) is 0 Å². The largest absolute Gasteiger partial charge is 0.419 e. The Labute approximate surface area is 138 Å². The Morgan fingerprint density at radius 2 is 1.92 bits per heavy atom. The van der Waals surface area contributed by atoms with E-state index in [1.807, 2.05) is 6.07 Å². The number of pyridine rings is 2. The van der Waals surface area contributed by atoms with Crippen LogP contribution in [0.15, 0.2) is 27.5 Å². The summed E-state index contributed by atoms with van der Waals surface area (Å²) in [6, 6.07) is 3.45. The van der Waals surface area contributed by atoms with Crippen LogP contribution in [0.4, 0.5) is 5.82 Å². The highest BCUT2D eigenvalue weighted by Crippen LogP contribution is 2.33. The van der Waals surface area contributed by atoms with E-state index in [0.29, 0.717) is 22.3 Å². The quantitative estimate of drug-likeness (QED) is 0.702. The van der Waals surface area contributed by atoms with Gasteiger partial charge in [0.1, 0.15) is 5.82 Å². The van der Waals surface area contributed by atoms with Crippen LogP contribution in [-0.2, 0) is 6.61 Å². The van der Waals surface area contributed by atoms with Gasteiger partial charge >= 0.3 is 0 Å². The Morgan fingerprint density at radius 1 is 1.17 bits per heavy atom. The lowest BCUT2D eigenvalue weighted by Crippen LogP contribution is -2.09. The molecule has 6 nitrogen and oxygen atoms in total. The van der Waals surface area contributed by atoms with Gasteiger partial charge in [-0.05, 0) is 36.5 Å². The van der Waals surface area contributed by atoms with Gasteiger partial charge < -0.3 is 15.3 Å². The zero-order chi connectivity index (χ0) is 16.7. The Hall–Kier alpha value is -2.47. The van der Waals surface area contributed by atoms with Crippen LogP contribution in [0.3, 0.4) is 0 Å². The van der Waals surface area contributed by atoms with E-state index in [9.17, 15) is 9.90 Å². The molecule has 6 heteroatoms. The molecule has 3 aromatic heterocycles. The maximum Gasteiger partial charge on any atom is 0.234 e. The molecule has 0 amide bonds. The lowest BCUT2D eigenvalue weighted by Gasteiger charge is -2.21. The number of aliphatic hydroxyl groups is 1. The Bertz CT molecular complexity index is 975. The van der Waals surface area contributed by atoms with Crippen LogP contribution in [0, 0.1) is 0 Å². The highest BCUT2D eigenvalue weighted by Gasteiger charge is 2.18. The number of aromatic nitrogens is 2. The first-order valence-electron chi connectivity index (χ1n) is 8.30. The fourth-order valence-electron chi connectivity index (χ4n) is 3.53. The molecule has 124 valence electrons. The molecule has 3 N–H and O–H groups in total. The van der Waals surface area contributed by atoms with Crippen molar-refractivity contribution in [3.05, 3.63) is 39.7 Å². The molecule has 1 aliphatic rings. The van der Waals surface area contributed by atoms with Crippen molar-refractivity contribution in [2.75, 3.05) is 5.73 Å². The van der Waals surface area contributed by atoms with Crippen molar-refractivity contribution < 1.29 is 9.52 Å². The summed E-state index contributed by atoms with van der Waals surface area (Å²) in [5, 5.41) is 10.1. The fraction of sp³-hybridized carbons (Fsp3) is 0.389. The molecule has 1 saturated carbocycles. The smallest absolute Gasteiger partial charge is 0.234 e. The second kappa shape index (κ2) is 5.87. The average Bonchev–Trinajstić information content (AvgIpc) is 2.62. The Morgan fingerprint density at radius 3 is 2.67 bits per heavy atom. The van der Waals surface area contributed by atoms with Crippen LogP contribution in [0.25, 0.3) is 22.2 Å². The summed E-state index contributed by atoms with van der Waals surface area (Å²) in [4.78, 5) is 21.3. The summed E-state index contributed by atoms with van der Waals surface area (Å²) < 4.78 is 5.67. The minimum atomic E-state index is -0.271. The molecule has 0 atom stereocenters. The molecule has 0 unspecified atom stereocenters. The third-order valence-corrected chi connectivity index (χ3v) is 4.90. The molecule has 0 aliphatic heterocycles. The molecule has 24 heavy (non-hydrogen) atoms. The minimum absolute atomic E-state index is 0.153. The second-order valence-corrected chi connectivity index (χ2v) is 6.43. The van der Waals surface area contributed by atoms with Crippen molar-refractivity contribution in [1.82, 2.24) is 9.97 Å². The molecule has 0 bridgehead atoms. The van der Waals surface area contributed by atoms with Gasteiger partial charge in [0, 0.05) is 11.8 Å². The standard InChI is InChI=1S/C18H19N3O3/c19-16-12(9-22)7-14-15(23)13-6-11(10-4-2-1-3-5-10)8-20-17(13)24-18(14)21-16/h6-8,10,22H,1-5,9H2,(H2,19,21). The number of anilines is 1. The number of nitrogens with two attached hydrogens (primary N) is 1. The molecular weight excluding hydrogens is 306 g/mol. The summed E-state index contributed by atoms with van der Waals surface area (Å²) >= 11 is 0. The predicted octanol–water partition coefficient (Wildman–Crippen LogP) is 2.86. The van der Waals surface area contributed by atoms with Gasteiger partial charge in [-0.1, -0.05) is 19.3 Å². The first-order chi connectivity index (χ1) is 11.7. The van der Waals surface area contributed by atoms with Gasteiger partial charge in [0.05, 0.1) is 17.4 Å². The van der Waals surface area contributed by atoms with Gasteiger partial charge in [0.2, 0.25) is 16.9 Å². The zero-order valence-corrected chi connectivity index (χ0v) is 13.3. The van der Waals surface area contributed by atoms with Crippen LogP contribution < -0.4 is 11.2 Å². The van der Waals surface area contributed by atoms with Crippen LogP contribution in [0.2, 0.25) is 0 Å². The van der Waals surface area contributed by atoms with Crippen LogP contribution in [0.1, 0.15) is 49.1 Å². The number of nitrogen functional groups attached to an aromatic ring is 1. The minimum Gasteiger partial charge on any atom is -0.419 e. The Kier molecular flexibility index (Phi) is 3.69. The van der Waals surface area contributed by atoms with E-state index >= 15 is 0 Å². The van der Waals surface area contributed by atoms with Gasteiger partial charge in [0.15, 0.2) is 0 Å². The molecule has 0 aromatic carbocycles. The van der Waals surface area contributed by atoms with E-state index in [1.54, 1.807) is 12.3 Å². The van der Waals surface area contributed by atoms with E-state index in [0.717, 1.165) is 18.4 Å². The van der Waals surface area contributed by atoms with Crippen molar-refractivity contribution in [3.63, 3.8) is 0 Å². The summed E-state index contributed by atoms with van der Waals surface area (Å²) in [5.74, 6) is 0.620. The summed E-state index contributed by atoms with van der Waals surface area (Å²) in [6.07, 6.45) is 7.80. The molecule has 4 rings (SSSR count). The van der Waals surface area contributed by atoms with Crippen LogP contribution in [-0.4, -0.2) is 15.1 Å². The summed E-state index contributed by atoms with van der Waals surface area (Å²) in [6.45, 7) is -0.271. The van der Waals surface area contributed by atoms with Crippen molar-refractivity contribution in [2.24, 2.45) is 0 Å². The topological polar surface area (TPSA) is 102 Å². The summed E-state index contributed by atoms with van der Waals surface area (Å²) in [7, 11) is 0. The molecule has 1 fully saturated rings. The predicted molar refractivity (Wildman–Crippen MR) is 91.7 cm³/mol. The number of aliphatic hydroxyl groups excluding tert-OH is 1. The van der Waals surface area contributed by atoms with Gasteiger partial charge in [-0.3, -0.25) is 4.79 Å². The number of rotatable bonds is 2. The van der Waals surface area contributed by atoms with Crippen molar-refractivity contribution in [1.29, 1.82) is 0 Å². The highest BCUT2D eigenvalue weighted by atomic mass is 16.3. The third kappa shape index (κ3) is 2.43. The van der Waals surface area contributed by atoms with Gasteiger partial charge in [-0.15, -0.1) is 0 Å². The molecule has 0 saturated heterocycles. The molecule has 3 aromatic rings. The van der Waals surface area contributed by atoms with E-state index in [-0.39, 0.29) is 29.3 Å². The van der Waals surface area contributed by atoms with Crippen LogP contribution >= 0.6 is 0 Å². The maximum absolute atomic E-state index is 12.8. The maximum atomic E-state index is 12.8. The van der Waals surface area contributed by atoms with E-state index in [4.69, 9.17) is 10.2 Å². The van der Waals surface area contributed by atoms with E-state index < -0.39 is 0 Å². The number of hydrogen-bond donors (Lipinski definition) is 2. The number of hydrogen-bond acceptors (Lipinski definition) is 6. The van der Waals surface area contributed by atoms with Gasteiger partial charge in [0.25, 0.3) is 0 Å². The average molecular weight is 325 g/mol. The van der Waals surface area contributed by atoms with E-state index in [1.165, 1.54) is 19.3 Å². The third-order valence-electron chi connectivity index (χ3n) is 4.90. The normalized spacial score (nSPS) is 16.0. The van der Waals surface area contributed by atoms with Crippen molar-refractivity contribution in [3.8, 4) is 0 Å². The highest BCUT2D eigenvalue weighted by molar-refractivity contribution is 5.87. The molecule has 3 heterocycles. The zero-order valence-electron chi connectivity index (χ0n) is 13.3. The van der Waals surface area contributed by atoms with Crippen molar-refractivity contribution >= 4 is 28.0 Å². The monoisotopic (exact) mass is 325 g/mol. The molecule has 0 radical (unpaired) electrons. The number of fused-ring (bicyclic) bond motifs is 2. The number of nitrogens with zero attached hydrogens (tertiary/aromatic N) is 2. The lowest BCUT2D eigenvalue weighted by atomic mass is 9.84. The van der Waals surface area contributed by atoms with Gasteiger partial charge in [-0.2, -0.15) is 4.98 Å². The Balaban J connectivity index is 1.92. The molecular formula is C18H19N3O3. The van der Waals surface area contributed by atoms with Crippen molar-refractivity contribution in [2.45, 2.75) is 44.6 Å². The lowest BCUT2D eigenvalue weighted by molar-refractivity contribution is 0.282. The second-order valence-electron chi connectivity index (χ2n) is 6.43. The first kappa shape index (κ1) is 15.1. The van der Waals surface area contributed by atoms with Gasteiger partial charge in [-0.25, -0.2) is 4.98 Å². The summed E-state index contributed by atoms with van der Waals surface area (Å²) in [5.41, 5.74) is 7.52. The fourth-order valence-corrected chi connectivity index (χ4v) is 3.53. The molecule has 1 aliphatic carbocycles. The SMILES string of the molecule is Nc1nc2oc3ncc(C4CCCCC4)cc3c(=O)c2cc1CO.